The van der Waals surface area contributed by atoms with Crippen LogP contribution in [0.25, 0.3) is 16.8 Å². The molecule has 1 fully saturated rings. The number of benzene rings is 3. The fourth-order valence-corrected chi connectivity index (χ4v) is 5.32. The second-order valence-electron chi connectivity index (χ2n) is 8.97. The van der Waals surface area contributed by atoms with E-state index in [0.29, 0.717) is 0 Å². The Bertz CT molecular complexity index is 1130. The third-order valence-corrected chi connectivity index (χ3v) is 7.21. The van der Waals surface area contributed by atoms with Gasteiger partial charge < -0.3 is 15.1 Å². The first-order chi connectivity index (χ1) is 15.8. The summed E-state index contributed by atoms with van der Waals surface area (Å²) in [5.74, 6) is 1.03. The first kappa shape index (κ1) is 19.6. The van der Waals surface area contributed by atoms with Crippen molar-refractivity contribution in [3.05, 3.63) is 96.1 Å². The minimum absolute atomic E-state index is 0.178. The molecule has 3 heterocycles. The highest BCUT2D eigenvalue weighted by atomic mass is 16.5. The average Bonchev–Trinajstić information content (AvgIpc) is 3.32. The van der Waals surface area contributed by atoms with Gasteiger partial charge in [-0.05, 0) is 35.4 Å². The third-order valence-electron chi connectivity index (χ3n) is 7.21. The van der Waals surface area contributed by atoms with Crippen LogP contribution in [-0.4, -0.2) is 35.3 Å². The molecule has 1 saturated heterocycles. The SMILES string of the molecule is CCN1CCC2(CC1)Oc1ccccc1[C@H]1C=C(c3ccc(-c4ccccc4)cc3)NN12. The molecular weight excluding hydrogens is 394 g/mol. The maximum absolute atomic E-state index is 6.73. The maximum Gasteiger partial charge on any atom is 0.182 e. The molecule has 0 aliphatic carbocycles. The lowest BCUT2D eigenvalue weighted by Gasteiger charge is -2.51. The summed E-state index contributed by atoms with van der Waals surface area (Å²) >= 11 is 0. The van der Waals surface area contributed by atoms with Crippen molar-refractivity contribution in [1.82, 2.24) is 15.3 Å². The number of hydrogen-bond acceptors (Lipinski definition) is 4. The van der Waals surface area contributed by atoms with Gasteiger partial charge in [0.15, 0.2) is 5.72 Å². The lowest BCUT2D eigenvalue weighted by atomic mass is 9.93. The molecule has 162 valence electrons. The number of rotatable bonds is 3. The van der Waals surface area contributed by atoms with Crippen LogP contribution >= 0.6 is 0 Å². The van der Waals surface area contributed by atoms with Gasteiger partial charge in [0, 0.05) is 31.5 Å². The van der Waals surface area contributed by atoms with Crippen LogP contribution in [0.3, 0.4) is 0 Å². The average molecular weight is 424 g/mol. The molecule has 4 heteroatoms. The van der Waals surface area contributed by atoms with Crippen molar-refractivity contribution in [3.63, 3.8) is 0 Å². The summed E-state index contributed by atoms with van der Waals surface area (Å²) in [6.07, 6.45) is 4.35. The van der Waals surface area contributed by atoms with Gasteiger partial charge in [0.25, 0.3) is 0 Å². The van der Waals surface area contributed by atoms with Gasteiger partial charge in [-0.25, -0.2) is 0 Å². The molecule has 4 nitrogen and oxygen atoms in total. The van der Waals surface area contributed by atoms with E-state index >= 15 is 0 Å². The van der Waals surface area contributed by atoms with Crippen LogP contribution in [0.15, 0.2) is 84.9 Å². The summed E-state index contributed by atoms with van der Waals surface area (Å²) in [4.78, 5) is 2.51. The molecule has 0 aromatic heterocycles. The predicted molar refractivity (Wildman–Crippen MR) is 129 cm³/mol. The number of hydrazine groups is 1. The number of hydrogen-bond donors (Lipinski definition) is 1. The van der Waals surface area contributed by atoms with Gasteiger partial charge in [0.1, 0.15) is 5.75 Å². The second-order valence-corrected chi connectivity index (χ2v) is 8.97. The van der Waals surface area contributed by atoms with Gasteiger partial charge in [0.2, 0.25) is 0 Å². The van der Waals surface area contributed by atoms with Crippen LogP contribution in [0, 0.1) is 0 Å². The zero-order valence-corrected chi connectivity index (χ0v) is 18.5. The molecule has 1 atom stereocenters. The second kappa shape index (κ2) is 7.80. The minimum atomic E-state index is -0.313. The Morgan fingerprint density at radius 2 is 1.50 bits per heavy atom. The van der Waals surface area contributed by atoms with Crippen LogP contribution < -0.4 is 10.2 Å². The van der Waals surface area contributed by atoms with Crippen molar-refractivity contribution in [1.29, 1.82) is 0 Å². The van der Waals surface area contributed by atoms with E-state index in [0.717, 1.165) is 43.9 Å². The zero-order valence-electron chi connectivity index (χ0n) is 18.5. The number of fused-ring (bicyclic) bond motifs is 4. The van der Waals surface area contributed by atoms with E-state index in [-0.39, 0.29) is 11.8 Å². The third kappa shape index (κ3) is 3.22. The van der Waals surface area contributed by atoms with Crippen molar-refractivity contribution < 1.29 is 4.74 Å². The number of para-hydroxylation sites is 1. The Balaban J connectivity index is 1.33. The number of nitrogens with one attached hydrogen (secondary N) is 1. The van der Waals surface area contributed by atoms with Gasteiger partial charge in [-0.2, -0.15) is 5.01 Å². The quantitative estimate of drug-likeness (QED) is 0.605. The maximum atomic E-state index is 6.73. The van der Waals surface area contributed by atoms with E-state index in [1.54, 1.807) is 0 Å². The van der Waals surface area contributed by atoms with E-state index in [1.807, 2.05) is 0 Å². The van der Waals surface area contributed by atoms with E-state index in [9.17, 15) is 0 Å². The van der Waals surface area contributed by atoms with E-state index < -0.39 is 0 Å². The van der Waals surface area contributed by atoms with Crippen LogP contribution in [0.5, 0.6) is 5.75 Å². The lowest BCUT2D eigenvalue weighted by Crippen LogP contribution is -2.63. The van der Waals surface area contributed by atoms with Crippen LogP contribution in [-0.2, 0) is 0 Å². The largest absolute Gasteiger partial charge is 0.470 e. The van der Waals surface area contributed by atoms with Crippen LogP contribution in [0.4, 0.5) is 0 Å². The Kier molecular flexibility index (Phi) is 4.78. The van der Waals surface area contributed by atoms with E-state index in [2.05, 4.69) is 107 Å². The molecule has 0 bridgehead atoms. The van der Waals surface area contributed by atoms with Crippen molar-refractivity contribution in [3.8, 4) is 16.9 Å². The molecule has 3 aromatic carbocycles. The van der Waals surface area contributed by atoms with Gasteiger partial charge in [-0.1, -0.05) is 79.7 Å². The summed E-state index contributed by atoms with van der Waals surface area (Å²) in [7, 11) is 0. The fraction of sp³-hybridized carbons (Fsp3) is 0.286. The molecule has 0 amide bonds. The molecule has 1 N–H and O–H groups in total. The van der Waals surface area contributed by atoms with Gasteiger partial charge >= 0.3 is 0 Å². The van der Waals surface area contributed by atoms with Crippen molar-refractivity contribution >= 4 is 5.70 Å². The molecule has 0 radical (unpaired) electrons. The smallest absolute Gasteiger partial charge is 0.182 e. The minimum Gasteiger partial charge on any atom is -0.470 e. The molecule has 3 aliphatic rings. The Morgan fingerprint density at radius 3 is 2.25 bits per heavy atom. The number of nitrogens with zero attached hydrogens (tertiary/aromatic N) is 2. The van der Waals surface area contributed by atoms with Crippen molar-refractivity contribution in [2.24, 2.45) is 0 Å². The molecule has 0 saturated carbocycles. The zero-order chi connectivity index (χ0) is 21.5. The number of piperidine rings is 1. The Morgan fingerprint density at radius 1 is 0.844 bits per heavy atom. The van der Waals surface area contributed by atoms with Crippen molar-refractivity contribution in [2.45, 2.75) is 31.5 Å². The summed E-state index contributed by atoms with van der Waals surface area (Å²) in [5, 5.41) is 2.38. The van der Waals surface area contributed by atoms with Crippen LogP contribution in [0.2, 0.25) is 0 Å². The Hall–Kier alpha value is -3.08. The summed E-state index contributed by atoms with van der Waals surface area (Å²) < 4.78 is 6.73. The molecule has 3 aromatic rings. The molecular formula is C28H29N3O. The lowest BCUT2D eigenvalue weighted by molar-refractivity contribution is -0.159. The van der Waals surface area contributed by atoms with E-state index in [4.69, 9.17) is 4.74 Å². The molecule has 1 spiro atoms. The molecule has 32 heavy (non-hydrogen) atoms. The van der Waals surface area contributed by atoms with E-state index in [1.165, 1.54) is 22.3 Å². The summed E-state index contributed by atoms with van der Waals surface area (Å²) in [6.45, 7) is 5.46. The standard InChI is InChI=1S/C28H29N3O/c1-2-30-18-16-28(17-19-30)31-26(24-10-6-7-11-27(24)32-28)20-25(29-31)23-14-12-22(13-15-23)21-8-4-3-5-9-21/h3-15,20,26,29H,2,16-19H2,1H3/t26-/m1/s1. The molecule has 6 rings (SSSR count). The van der Waals surface area contributed by atoms with Crippen LogP contribution in [0.1, 0.15) is 36.9 Å². The Labute approximate surface area is 190 Å². The summed E-state index contributed by atoms with van der Waals surface area (Å²) in [6, 6.07) is 28.1. The predicted octanol–water partition coefficient (Wildman–Crippen LogP) is 5.46. The van der Waals surface area contributed by atoms with Gasteiger partial charge in [-0.3, -0.25) is 0 Å². The highest BCUT2D eigenvalue weighted by Crippen LogP contribution is 2.48. The summed E-state index contributed by atoms with van der Waals surface area (Å²) in [5.41, 5.74) is 9.53. The topological polar surface area (TPSA) is 27.7 Å². The normalized spacial score (nSPS) is 21.9. The number of ether oxygens (including phenoxy) is 1. The van der Waals surface area contributed by atoms with Gasteiger partial charge in [-0.15, -0.1) is 0 Å². The highest BCUT2D eigenvalue weighted by Gasteiger charge is 2.51. The van der Waals surface area contributed by atoms with Gasteiger partial charge in [0.05, 0.1) is 11.7 Å². The fourth-order valence-electron chi connectivity index (χ4n) is 5.32. The monoisotopic (exact) mass is 423 g/mol. The first-order valence-electron chi connectivity index (χ1n) is 11.7. The molecule has 0 unspecified atom stereocenters. The molecule has 3 aliphatic heterocycles. The highest BCUT2D eigenvalue weighted by molar-refractivity contribution is 5.71. The first-order valence-corrected chi connectivity index (χ1v) is 11.7. The van der Waals surface area contributed by atoms with Crippen molar-refractivity contribution in [2.75, 3.05) is 19.6 Å². The number of likely N-dealkylation sites (tertiary alicyclic amines) is 1.